The average molecular weight is 284 g/mol. The van der Waals surface area contributed by atoms with E-state index in [1.165, 1.54) is 22.3 Å². The third-order valence-corrected chi connectivity index (χ3v) is 3.78. The summed E-state index contributed by atoms with van der Waals surface area (Å²) in [5.41, 5.74) is 5.10. The Morgan fingerprint density at radius 1 is 0.476 bits per heavy atom. The van der Waals surface area contributed by atoms with E-state index in [1.807, 2.05) is 0 Å². The first kappa shape index (κ1) is 15.7. The minimum Gasteiger partial charge on any atom is -0.396 e. The van der Waals surface area contributed by atoms with E-state index in [0.29, 0.717) is 0 Å². The molecule has 0 aliphatic carbocycles. The summed E-state index contributed by atoms with van der Waals surface area (Å²) in [6.45, 7) is 0.428. The molecule has 21 heavy (non-hydrogen) atoms. The Balaban J connectivity index is 1.78. The van der Waals surface area contributed by atoms with E-state index in [0.717, 1.165) is 32.1 Å². The summed E-state index contributed by atoms with van der Waals surface area (Å²) in [5, 5.41) is 17.8. The Morgan fingerprint density at radius 2 is 0.762 bits per heavy atom. The summed E-state index contributed by atoms with van der Waals surface area (Å²) in [5.74, 6) is 0. The van der Waals surface area contributed by atoms with Gasteiger partial charge in [0.2, 0.25) is 0 Å². The molecule has 2 nitrogen and oxygen atoms in total. The van der Waals surface area contributed by atoms with Gasteiger partial charge in [-0.25, -0.2) is 0 Å². The van der Waals surface area contributed by atoms with Crippen LogP contribution in [0.1, 0.15) is 28.7 Å². The van der Waals surface area contributed by atoms with Crippen LogP contribution in [0.25, 0.3) is 0 Å². The van der Waals surface area contributed by atoms with Gasteiger partial charge in [0.1, 0.15) is 0 Å². The molecule has 0 spiro atoms. The highest BCUT2D eigenvalue weighted by Crippen LogP contribution is 2.11. The quantitative estimate of drug-likeness (QED) is 0.782. The molecule has 2 aromatic carbocycles. The summed E-state index contributed by atoms with van der Waals surface area (Å²) in [7, 11) is 0. The van der Waals surface area contributed by atoms with Gasteiger partial charge in [-0.05, 0) is 54.4 Å². The van der Waals surface area contributed by atoms with Crippen molar-refractivity contribution < 1.29 is 10.2 Å². The molecule has 0 aromatic heterocycles. The fraction of sp³-hybridized carbons (Fsp3) is 0.368. The monoisotopic (exact) mass is 284 g/mol. The number of hydrogen-bond donors (Lipinski definition) is 2. The second-order valence-electron chi connectivity index (χ2n) is 5.43. The molecule has 0 unspecified atom stereocenters. The van der Waals surface area contributed by atoms with E-state index in [-0.39, 0.29) is 13.2 Å². The second kappa shape index (κ2) is 8.60. The van der Waals surface area contributed by atoms with Crippen LogP contribution in [-0.2, 0) is 25.7 Å². The lowest BCUT2D eigenvalue weighted by molar-refractivity contribution is 0.299. The molecule has 2 N–H and O–H groups in total. The van der Waals surface area contributed by atoms with Gasteiger partial charge in [0, 0.05) is 13.2 Å². The van der Waals surface area contributed by atoms with Gasteiger partial charge < -0.3 is 10.2 Å². The maximum atomic E-state index is 8.90. The topological polar surface area (TPSA) is 40.5 Å². The van der Waals surface area contributed by atoms with Crippen LogP contribution >= 0.6 is 0 Å². The molecule has 0 aliphatic heterocycles. The summed E-state index contributed by atoms with van der Waals surface area (Å²) in [6, 6.07) is 17.1. The maximum Gasteiger partial charge on any atom is 0.0471 e. The summed E-state index contributed by atoms with van der Waals surface area (Å²) in [6.07, 6.45) is 4.77. The van der Waals surface area contributed by atoms with Crippen molar-refractivity contribution in [3.8, 4) is 0 Å². The van der Waals surface area contributed by atoms with Gasteiger partial charge in [-0.3, -0.25) is 0 Å². The van der Waals surface area contributed by atoms with Gasteiger partial charge >= 0.3 is 0 Å². The molecule has 0 radical (unpaired) electrons. The predicted octanol–water partition coefficient (Wildman–Crippen LogP) is 2.93. The highest BCUT2D eigenvalue weighted by molar-refractivity contribution is 5.24. The normalized spacial score (nSPS) is 10.8. The van der Waals surface area contributed by atoms with Crippen LogP contribution in [0.5, 0.6) is 0 Å². The summed E-state index contributed by atoms with van der Waals surface area (Å²) >= 11 is 0. The van der Waals surface area contributed by atoms with Crippen molar-refractivity contribution in [2.24, 2.45) is 0 Å². The minimum absolute atomic E-state index is 0.214. The van der Waals surface area contributed by atoms with E-state index in [4.69, 9.17) is 10.2 Å². The maximum absolute atomic E-state index is 8.90. The molecule has 112 valence electrons. The standard InChI is InChI=1S/C19H24O2/c20-14-12-18-8-4-16(5-9-18)2-1-3-17-6-10-19(11-7-17)13-15-21/h4-11,20-21H,1-3,12-15H2. The van der Waals surface area contributed by atoms with Crippen LogP contribution in [0.4, 0.5) is 0 Å². The van der Waals surface area contributed by atoms with Gasteiger partial charge in [0.05, 0.1) is 0 Å². The lowest BCUT2D eigenvalue weighted by atomic mass is 10.0. The zero-order valence-corrected chi connectivity index (χ0v) is 12.5. The highest BCUT2D eigenvalue weighted by atomic mass is 16.3. The molecular formula is C19H24O2. The largest absolute Gasteiger partial charge is 0.396 e. The highest BCUT2D eigenvalue weighted by Gasteiger charge is 1.98. The third kappa shape index (κ3) is 5.33. The Hall–Kier alpha value is -1.64. The lowest BCUT2D eigenvalue weighted by Gasteiger charge is -2.05. The predicted molar refractivity (Wildman–Crippen MR) is 86.5 cm³/mol. The number of aliphatic hydroxyl groups excluding tert-OH is 2. The fourth-order valence-corrected chi connectivity index (χ4v) is 2.50. The van der Waals surface area contributed by atoms with Crippen molar-refractivity contribution in [2.45, 2.75) is 32.1 Å². The van der Waals surface area contributed by atoms with E-state index in [1.54, 1.807) is 0 Å². The molecule has 2 rings (SSSR count). The Bertz CT molecular complexity index is 465. The number of hydrogen-bond acceptors (Lipinski definition) is 2. The van der Waals surface area contributed by atoms with E-state index in [9.17, 15) is 0 Å². The average Bonchev–Trinajstić information content (AvgIpc) is 2.51. The molecule has 0 aliphatic rings. The van der Waals surface area contributed by atoms with E-state index in [2.05, 4.69) is 48.5 Å². The second-order valence-corrected chi connectivity index (χ2v) is 5.43. The van der Waals surface area contributed by atoms with Crippen LogP contribution in [0.3, 0.4) is 0 Å². The zero-order chi connectivity index (χ0) is 14.9. The van der Waals surface area contributed by atoms with Crippen LogP contribution in [0.15, 0.2) is 48.5 Å². The lowest BCUT2D eigenvalue weighted by Crippen LogP contribution is -1.94. The van der Waals surface area contributed by atoms with Gasteiger partial charge in [0.25, 0.3) is 0 Å². The molecule has 2 aromatic rings. The molecule has 0 saturated carbocycles. The van der Waals surface area contributed by atoms with Crippen molar-refractivity contribution >= 4 is 0 Å². The molecule has 0 heterocycles. The molecule has 0 saturated heterocycles. The molecule has 0 amide bonds. The molecule has 0 atom stereocenters. The minimum atomic E-state index is 0.214. The molecular weight excluding hydrogens is 260 g/mol. The molecule has 2 heteroatoms. The number of benzene rings is 2. The van der Waals surface area contributed by atoms with Crippen molar-refractivity contribution in [3.63, 3.8) is 0 Å². The van der Waals surface area contributed by atoms with Crippen LogP contribution < -0.4 is 0 Å². The Morgan fingerprint density at radius 3 is 1.05 bits per heavy atom. The SMILES string of the molecule is OCCc1ccc(CCCc2ccc(CCO)cc2)cc1. The summed E-state index contributed by atoms with van der Waals surface area (Å²) < 4.78 is 0. The first-order valence-corrected chi connectivity index (χ1v) is 7.69. The van der Waals surface area contributed by atoms with Gasteiger partial charge in [-0.15, -0.1) is 0 Å². The summed E-state index contributed by atoms with van der Waals surface area (Å²) in [4.78, 5) is 0. The van der Waals surface area contributed by atoms with Crippen LogP contribution in [-0.4, -0.2) is 23.4 Å². The van der Waals surface area contributed by atoms with Gasteiger partial charge in [-0.1, -0.05) is 48.5 Å². The van der Waals surface area contributed by atoms with Crippen molar-refractivity contribution in [3.05, 3.63) is 70.8 Å². The van der Waals surface area contributed by atoms with E-state index >= 15 is 0 Å². The smallest absolute Gasteiger partial charge is 0.0471 e. The van der Waals surface area contributed by atoms with Crippen LogP contribution in [0.2, 0.25) is 0 Å². The van der Waals surface area contributed by atoms with Crippen molar-refractivity contribution in [2.75, 3.05) is 13.2 Å². The van der Waals surface area contributed by atoms with Crippen molar-refractivity contribution in [1.29, 1.82) is 0 Å². The first-order valence-electron chi connectivity index (χ1n) is 7.69. The van der Waals surface area contributed by atoms with E-state index < -0.39 is 0 Å². The number of aryl methyl sites for hydroxylation is 2. The first-order chi connectivity index (χ1) is 10.3. The third-order valence-electron chi connectivity index (χ3n) is 3.78. The molecule has 0 fully saturated rings. The van der Waals surface area contributed by atoms with Gasteiger partial charge in [0.15, 0.2) is 0 Å². The van der Waals surface area contributed by atoms with Crippen LogP contribution in [0, 0.1) is 0 Å². The van der Waals surface area contributed by atoms with Crippen molar-refractivity contribution in [1.82, 2.24) is 0 Å². The zero-order valence-electron chi connectivity index (χ0n) is 12.5. The van der Waals surface area contributed by atoms with Gasteiger partial charge in [-0.2, -0.15) is 0 Å². The number of aliphatic hydroxyl groups is 2. The fourth-order valence-electron chi connectivity index (χ4n) is 2.50. The Labute approximate surface area is 127 Å². The molecule has 0 bridgehead atoms. The number of rotatable bonds is 8. The Kier molecular flexibility index (Phi) is 6.45.